The molecule has 1 aliphatic rings. The van der Waals surface area contributed by atoms with Gasteiger partial charge in [0.2, 0.25) is 5.95 Å². The number of hydrogen-bond acceptors (Lipinski definition) is 7. The number of para-hydroxylation sites is 2. The molecule has 8 nitrogen and oxygen atoms in total. The summed E-state index contributed by atoms with van der Waals surface area (Å²) < 4.78 is 9.56. The average Bonchev–Trinajstić information content (AvgIpc) is 3.49. The molecule has 0 saturated carbocycles. The lowest BCUT2D eigenvalue weighted by Crippen LogP contribution is -2.38. The first kappa shape index (κ1) is 23.1. The molecule has 3 heterocycles. The molecule has 1 fully saturated rings. The van der Waals surface area contributed by atoms with Gasteiger partial charge in [0.15, 0.2) is 10.9 Å². The Morgan fingerprint density at radius 1 is 1.11 bits per heavy atom. The second-order valence-corrected chi connectivity index (χ2v) is 9.32. The van der Waals surface area contributed by atoms with Crippen LogP contribution in [0.2, 0.25) is 0 Å². The first-order valence-corrected chi connectivity index (χ1v) is 12.6. The van der Waals surface area contributed by atoms with Gasteiger partial charge in [-0.15, -0.1) is 10.2 Å². The maximum absolute atomic E-state index is 13.4. The fourth-order valence-electron chi connectivity index (χ4n) is 4.38. The lowest BCUT2D eigenvalue weighted by molar-refractivity contribution is 0.102. The van der Waals surface area contributed by atoms with Crippen molar-refractivity contribution in [1.29, 1.82) is 5.26 Å². The Balaban J connectivity index is 1.44. The number of ether oxygens (including phenoxy) is 1. The van der Waals surface area contributed by atoms with Gasteiger partial charge in [0.05, 0.1) is 37.1 Å². The average molecular weight is 487 g/mol. The summed E-state index contributed by atoms with van der Waals surface area (Å²) in [7, 11) is 0. The number of rotatable bonds is 8. The summed E-state index contributed by atoms with van der Waals surface area (Å²) in [6.45, 7) is 5.41. The number of nitriles is 1. The van der Waals surface area contributed by atoms with Crippen LogP contribution in [0.1, 0.15) is 22.3 Å². The smallest absolute Gasteiger partial charge is 0.232 e. The molecule has 0 N–H and O–H groups in total. The number of anilines is 1. The van der Waals surface area contributed by atoms with E-state index in [9.17, 15) is 4.79 Å². The predicted molar refractivity (Wildman–Crippen MR) is 136 cm³/mol. The molecule has 9 heteroatoms. The number of ketones is 1. The van der Waals surface area contributed by atoms with Crippen LogP contribution >= 0.6 is 11.8 Å². The van der Waals surface area contributed by atoms with Gasteiger partial charge in [-0.2, -0.15) is 5.26 Å². The van der Waals surface area contributed by atoms with Crippen LogP contribution in [-0.4, -0.2) is 57.2 Å². The van der Waals surface area contributed by atoms with Gasteiger partial charge in [-0.25, -0.2) is 0 Å². The van der Waals surface area contributed by atoms with Gasteiger partial charge in [0.25, 0.3) is 0 Å². The van der Waals surface area contributed by atoms with Crippen molar-refractivity contribution < 1.29 is 9.53 Å². The number of nitrogens with zero attached hydrogens (tertiary/aromatic N) is 6. The van der Waals surface area contributed by atoms with Gasteiger partial charge < -0.3 is 14.2 Å². The molecule has 178 valence electrons. The van der Waals surface area contributed by atoms with Crippen LogP contribution in [0.3, 0.4) is 0 Å². The normalized spacial score (nSPS) is 13.8. The number of aromatic nitrogens is 4. The van der Waals surface area contributed by atoms with Crippen LogP contribution in [0.15, 0.2) is 59.9 Å². The third-order valence-corrected chi connectivity index (χ3v) is 7.08. The summed E-state index contributed by atoms with van der Waals surface area (Å²) in [5.74, 6) is 1.03. The minimum Gasteiger partial charge on any atom is -0.378 e. The highest BCUT2D eigenvalue weighted by Crippen LogP contribution is 2.30. The van der Waals surface area contributed by atoms with Gasteiger partial charge in [-0.3, -0.25) is 9.36 Å². The predicted octanol–water partition coefficient (Wildman–Crippen LogP) is 4.26. The second kappa shape index (κ2) is 10.3. The SMILES string of the molecule is Cc1ccccc1-n1c(SCC(=O)c2cn(CCC#N)c3ccccc23)nnc1N1CCOCC1. The Morgan fingerprint density at radius 3 is 2.69 bits per heavy atom. The molecule has 0 amide bonds. The minimum absolute atomic E-state index is 0.0224. The molecule has 0 spiro atoms. The first-order valence-electron chi connectivity index (χ1n) is 11.6. The molecular weight excluding hydrogens is 460 g/mol. The van der Waals surface area contributed by atoms with Crippen molar-refractivity contribution in [3.8, 4) is 11.8 Å². The number of carbonyl (C=O) groups is 1. The molecule has 0 aliphatic carbocycles. The number of Topliss-reactive ketones (excluding diaryl/α,β-unsaturated/α-hetero) is 1. The number of hydrogen-bond donors (Lipinski definition) is 0. The van der Waals surface area contributed by atoms with Gasteiger partial charge in [0, 0.05) is 42.3 Å². The highest BCUT2D eigenvalue weighted by atomic mass is 32.2. The maximum Gasteiger partial charge on any atom is 0.232 e. The van der Waals surface area contributed by atoms with Crippen molar-refractivity contribution in [2.45, 2.75) is 25.0 Å². The summed E-state index contributed by atoms with van der Waals surface area (Å²) in [4.78, 5) is 15.5. The van der Waals surface area contributed by atoms with Crippen molar-refractivity contribution in [3.05, 3.63) is 65.9 Å². The van der Waals surface area contributed by atoms with Gasteiger partial charge in [0.1, 0.15) is 0 Å². The van der Waals surface area contributed by atoms with E-state index in [1.54, 1.807) is 0 Å². The summed E-state index contributed by atoms with van der Waals surface area (Å²) in [5, 5.41) is 19.6. The van der Waals surface area contributed by atoms with E-state index in [0.29, 0.717) is 36.9 Å². The minimum atomic E-state index is 0.0224. The molecular formula is C26H26N6O2S. The van der Waals surface area contributed by atoms with Gasteiger partial charge >= 0.3 is 0 Å². The topological polar surface area (TPSA) is 89.0 Å². The third-order valence-electron chi connectivity index (χ3n) is 6.15. The lowest BCUT2D eigenvalue weighted by Gasteiger charge is -2.28. The summed E-state index contributed by atoms with van der Waals surface area (Å²) in [6, 6.07) is 18.1. The molecule has 1 saturated heterocycles. The van der Waals surface area contributed by atoms with Crippen LogP contribution in [-0.2, 0) is 11.3 Å². The quantitative estimate of drug-likeness (QED) is 0.272. The lowest BCUT2D eigenvalue weighted by atomic mass is 10.1. The standard InChI is InChI=1S/C26H26N6O2S/c1-19-7-2-4-9-22(19)32-25(30-13-15-34-16-14-30)28-29-26(32)35-18-24(33)21-17-31(12-6-11-27)23-10-5-3-8-20(21)23/h2-5,7-10,17H,6,12-16,18H2,1H3. The fourth-order valence-corrected chi connectivity index (χ4v) is 5.20. The zero-order chi connectivity index (χ0) is 24.2. The van der Waals surface area contributed by atoms with E-state index in [1.165, 1.54) is 11.8 Å². The number of benzene rings is 2. The van der Waals surface area contributed by atoms with Crippen LogP contribution in [0.5, 0.6) is 0 Å². The van der Waals surface area contributed by atoms with Crippen molar-refractivity contribution in [2.75, 3.05) is 37.0 Å². The molecule has 35 heavy (non-hydrogen) atoms. The summed E-state index contributed by atoms with van der Waals surface area (Å²) >= 11 is 1.39. The molecule has 4 aromatic rings. The number of aryl methyl sites for hydroxylation is 2. The Kier molecular flexibility index (Phi) is 6.84. The van der Waals surface area contributed by atoms with Crippen LogP contribution in [0.4, 0.5) is 5.95 Å². The Labute approximate surface area is 208 Å². The van der Waals surface area contributed by atoms with Crippen LogP contribution in [0, 0.1) is 18.3 Å². The highest BCUT2D eigenvalue weighted by molar-refractivity contribution is 7.99. The zero-order valence-electron chi connectivity index (χ0n) is 19.6. The van der Waals surface area contributed by atoms with Gasteiger partial charge in [-0.1, -0.05) is 48.2 Å². The summed E-state index contributed by atoms with van der Waals surface area (Å²) in [5.41, 5.74) is 3.74. The number of fused-ring (bicyclic) bond motifs is 1. The number of carbonyl (C=O) groups excluding carboxylic acids is 1. The molecule has 0 bridgehead atoms. The third kappa shape index (κ3) is 4.67. The number of morpholine rings is 1. The van der Waals surface area contributed by atoms with E-state index < -0.39 is 0 Å². The monoisotopic (exact) mass is 486 g/mol. The van der Waals surface area contributed by atoms with Crippen LogP contribution in [0.25, 0.3) is 16.6 Å². The van der Waals surface area contributed by atoms with Gasteiger partial charge in [-0.05, 0) is 24.6 Å². The zero-order valence-corrected chi connectivity index (χ0v) is 20.4. The first-order chi connectivity index (χ1) is 17.2. The largest absolute Gasteiger partial charge is 0.378 e. The van der Waals surface area contributed by atoms with E-state index >= 15 is 0 Å². The van der Waals surface area contributed by atoms with Crippen LogP contribution < -0.4 is 4.90 Å². The van der Waals surface area contributed by atoms with E-state index in [1.807, 2.05) is 47.2 Å². The molecule has 0 radical (unpaired) electrons. The van der Waals surface area contributed by atoms with Crippen molar-refractivity contribution in [1.82, 2.24) is 19.3 Å². The molecule has 0 unspecified atom stereocenters. The molecule has 0 atom stereocenters. The summed E-state index contributed by atoms with van der Waals surface area (Å²) in [6.07, 6.45) is 2.26. The molecule has 2 aromatic heterocycles. The van der Waals surface area contributed by atoms with Crippen molar-refractivity contribution >= 4 is 34.4 Å². The highest BCUT2D eigenvalue weighted by Gasteiger charge is 2.24. The Bertz CT molecular complexity index is 1400. The fraction of sp³-hybridized carbons (Fsp3) is 0.308. The van der Waals surface area contributed by atoms with E-state index in [2.05, 4.69) is 44.8 Å². The van der Waals surface area contributed by atoms with Crippen molar-refractivity contribution in [3.63, 3.8) is 0 Å². The Morgan fingerprint density at radius 2 is 1.89 bits per heavy atom. The molecule has 2 aromatic carbocycles. The van der Waals surface area contributed by atoms with E-state index in [4.69, 9.17) is 10.00 Å². The molecule has 1 aliphatic heterocycles. The second-order valence-electron chi connectivity index (χ2n) is 8.38. The maximum atomic E-state index is 13.4. The molecule has 5 rings (SSSR count). The van der Waals surface area contributed by atoms with E-state index in [0.717, 1.165) is 41.2 Å². The Hall–Kier alpha value is -3.61. The number of thioether (sulfide) groups is 1. The van der Waals surface area contributed by atoms with Crippen molar-refractivity contribution in [2.24, 2.45) is 0 Å². The van der Waals surface area contributed by atoms with E-state index in [-0.39, 0.29) is 11.5 Å².